The molecular weight excluding hydrogens is 248 g/mol. The molecule has 0 aromatic rings. The molecule has 1 unspecified atom stereocenters. The first-order valence-corrected chi connectivity index (χ1v) is 6.95. The zero-order valence-corrected chi connectivity index (χ0v) is 11.2. The number of carbonyl (C=O) groups is 2. The van der Waals surface area contributed by atoms with Crippen molar-refractivity contribution in [3.05, 3.63) is 0 Å². The maximum atomic E-state index is 12.1. The van der Waals surface area contributed by atoms with Crippen LogP contribution in [0.2, 0.25) is 0 Å². The van der Waals surface area contributed by atoms with Crippen molar-refractivity contribution < 1.29 is 19.4 Å². The monoisotopic (exact) mass is 270 g/mol. The number of nitrogens with zero attached hydrogens (tertiary/aromatic N) is 2. The summed E-state index contributed by atoms with van der Waals surface area (Å²) in [5.74, 6) is -0.140. The van der Waals surface area contributed by atoms with Crippen LogP contribution in [0.3, 0.4) is 0 Å². The lowest BCUT2D eigenvalue weighted by Crippen LogP contribution is -2.45. The average Bonchev–Trinajstić information content (AvgIpc) is 2.85. The molecule has 2 saturated heterocycles. The molecule has 1 atom stereocenters. The molecule has 2 aliphatic rings. The summed E-state index contributed by atoms with van der Waals surface area (Å²) in [5, 5.41) is 8.67. The Labute approximate surface area is 113 Å². The van der Waals surface area contributed by atoms with E-state index in [1.807, 2.05) is 4.90 Å². The van der Waals surface area contributed by atoms with E-state index in [0.29, 0.717) is 38.8 Å². The molecule has 108 valence electrons. The zero-order valence-electron chi connectivity index (χ0n) is 11.2. The van der Waals surface area contributed by atoms with E-state index >= 15 is 0 Å². The van der Waals surface area contributed by atoms with Crippen molar-refractivity contribution in [3.63, 3.8) is 0 Å². The Morgan fingerprint density at radius 1 is 1.21 bits per heavy atom. The number of rotatable bonds is 5. The first kappa shape index (κ1) is 14.3. The lowest BCUT2D eigenvalue weighted by atomic mass is 10.0. The topological polar surface area (TPSA) is 70.1 Å². The molecule has 19 heavy (non-hydrogen) atoms. The second-order valence-corrected chi connectivity index (χ2v) is 5.32. The molecule has 1 amide bonds. The second-order valence-electron chi connectivity index (χ2n) is 5.32. The van der Waals surface area contributed by atoms with Crippen LogP contribution >= 0.6 is 0 Å². The van der Waals surface area contributed by atoms with Crippen LogP contribution in [-0.4, -0.2) is 72.7 Å². The van der Waals surface area contributed by atoms with Gasteiger partial charge in [-0.05, 0) is 25.3 Å². The predicted molar refractivity (Wildman–Crippen MR) is 68.8 cm³/mol. The number of morpholine rings is 1. The van der Waals surface area contributed by atoms with E-state index in [1.165, 1.54) is 0 Å². The maximum Gasteiger partial charge on any atom is 0.303 e. The third-order valence-electron chi connectivity index (χ3n) is 3.86. The van der Waals surface area contributed by atoms with Crippen molar-refractivity contribution in [2.45, 2.75) is 19.3 Å². The molecule has 1 N–H and O–H groups in total. The van der Waals surface area contributed by atoms with E-state index in [-0.39, 0.29) is 12.3 Å². The molecule has 0 bridgehead atoms. The number of carboxylic acid groups (broad SMARTS) is 1. The molecule has 0 spiro atoms. The van der Waals surface area contributed by atoms with E-state index in [1.54, 1.807) is 0 Å². The molecule has 2 fully saturated rings. The largest absolute Gasteiger partial charge is 0.481 e. The lowest BCUT2D eigenvalue weighted by molar-refractivity contribution is -0.138. The molecule has 0 aromatic heterocycles. The van der Waals surface area contributed by atoms with Crippen LogP contribution in [-0.2, 0) is 14.3 Å². The Morgan fingerprint density at radius 2 is 1.95 bits per heavy atom. The van der Waals surface area contributed by atoms with E-state index < -0.39 is 5.97 Å². The summed E-state index contributed by atoms with van der Waals surface area (Å²) in [4.78, 5) is 26.6. The Hall–Kier alpha value is -1.14. The van der Waals surface area contributed by atoms with Crippen LogP contribution in [0, 0.1) is 5.92 Å². The normalized spacial score (nSPS) is 24.6. The summed E-state index contributed by atoms with van der Waals surface area (Å²) in [6.45, 7) is 4.86. The fourth-order valence-corrected chi connectivity index (χ4v) is 2.72. The number of carboxylic acids is 1. The highest BCUT2D eigenvalue weighted by Crippen LogP contribution is 2.20. The van der Waals surface area contributed by atoms with E-state index in [9.17, 15) is 9.59 Å². The van der Waals surface area contributed by atoms with Gasteiger partial charge in [0.05, 0.1) is 19.8 Å². The second kappa shape index (κ2) is 6.86. The van der Waals surface area contributed by atoms with Gasteiger partial charge in [0.1, 0.15) is 0 Å². The van der Waals surface area contributed by atoms with Crippen LogP contribution in [0.15, 0.2) is 0 Å². The van der Waals surface area contributed by atoms with Gasteiger partial charge < -0.3 is 14.7 Å². The number of ether oxygens (including phenoxy) is 1. The van der Waals surface area contributed by atoms with Gasteiger partial charge in [-0.2, -0.15) is 0 Å². The number of hydrogen-bond donors (Lipinski definition) is 1. The van der Waals surface area contributed by atoms with Crippen molar-refractivity contribution >= 4 is 11.9 Å². The Morgan fingerprint density at radius 3 is 2.63 bits per heavy atom. The van der Waals surface area contributed by atoms with Gasteiger partial charge in [-0.15, -0.1) is 0 Å². The molecule has 0 saturated carbocycles. The van der Waals surface area contributed by atoms with Gasteiger partial charge in [0.15, 0.2) is 0 Å². The van der Waals surface area contributed by atoms with Gasteiger partial charge in [0.25, 0.3) is 0 Å². The lowest BCUT2D eigenvalue weighted by Gasteiger charge is -2.28. The number of likely N-dealkylation sites (tertiary alicyclic amines) is 1. The van der Waals surface area contributed by atoms with Gasteiger partial charge in [-0.1, -0.05) is 0 Å². The summed E-state index contributed by atoms with van der Waals surface area (Å²) in [5.41, 5.74) is 0. The van der Waals surface area contributed by atoms with Crippen LogP contribution < -0.4 is 0 Å². The van der Waals surface area contributed by atoms with Crippen LogP contribution in [0.5, 0.6) is 0 Å². The van der Waals surface area contributed by atoms with Gasteiger partial charge in [0.2, 0.25) is 5.91 Å². The minimum Gasteiger partial charge on any atom is -0.481 e. The summed E-state index contributed by atoms with van der Waals surface area (Å²) in [7, 11) is 0. The molecule has 0 aliphatic carbocycles. The van der Waals surface area contributed by atoms with Gasteiger partial charge >= 0.3 is 5.97 Å². The van der Waals surface area contributed by atoms with E-state index in [4.69, 9.17) is 9.84 Å². The molecule has 2 rings (SSSR count). The average molecular weight is 270 g/mol. The highest BCUT2D eigenvalue weighted by atomic mass is 16.5. The van der Waals surface area contributed by atoms with Crippen molar-refractivity contribution in [2.24, 2.45) is 5.92 Å². The smallest absolute Gasteiger partial charge is 0.303 e. The third kappa shape index (κ3) is 4.47. The quantitative estimate of drug-likeness (QED) is 0.763. The number of aliphatic carboxylic acids is 1. The van der Waals surface area contributed by atoms with Crippen LogP contribution in [0.4, 0.5) is 0 Å². The molecule has 2 aliphatic heterocycles. The van der Waals surface area contributed by atoms with Crippen LogP contribution in [0.1, 0.15) is 19.3 Å². The predicted octanol–water partition coefficient (Wildman–Crippen LogP) is 0.0319. The van der Waals surface area contributed by atoms with Gasteiger partial charge in [0, 0.05) is 26.1 Å². The standard InChI is InChI=1S/C13H22N2O4/c16-12(15-5-7-19-8-6-15)10-14-4-3-11(9-14)1-2-13(17)18/h11H,1-10H2,(H,17,18). The summed E-state index contributed by atoms with van der Waals surface area (Å²) >= 11 is 0. The van der Waals surface area contributed by atoms with Crippen molar-refractivity contribution in [2.75, 3.05) is 45.9 Å². The van der Waals surface area contributed by atoms with E-state index in [0.717, 1.165) is 25.9 Å². The Balaban J connectivity index is 1.69. The van der Waals surface area contributed by atoms with Crippen molar-refractivity contribution in [3.8, 4) is 0 Å². The van der Waals surface area contributed by atoms with E-state index in [2.05, 4.69) is 4.90 Å². The van der Waals surface area contributed by atoms with Crippen molar-refractivity contribution in [1.29, 1.82) is 0 Å². The SMILES string of the molecule is O=C(O)CCC1CCN(CC(=O)N2CCOCC2)C1. The fraction of sp³-hybridized carbons (Fsp3) is 0.846. The summed E-state index contributed by atoms with van der Waals surface area (Å²) < 4.78 is 5.23. The zero-order chi connectivity index (χ0) is 13.7. The minimum absolute atomic E-state index is 0.169. The summed E-state index contributed by atoms with van der Waals surface area (Å²) in [6.07, 6.45) is 1.96. The highest BCUT2D eigenvalue weighted by Gasteiger charge is 2.26. The Kier molecular flexibility index (Phi) is 5.15. The first-order valence-electron chi connectivity index (χ1n) is 6.95. The Bertz CT molecular complexity index is 329. The first-order chi connectivity index (χ1) is 9.15. The maximum absolute atomic E-state index is 12.1. The highest BCUT2D eigenvalue weighted by molar-refractivity contribution is 5.78. The summed E-state index contributed by atoms with van der Waals surface area (Å²) in [6, 6.07) is 0. The fourth-order valence-electron chi connectivity index (χ4n) is 2.72. The number of amides is 1. The molecular formula is C13H22N2O4. The molecule has 2 heterocycles. The molecule has 0 radical (unpaired) electrons. The van der Waals surface area contributed by atoms with Gasteiger partial charge in [-0.3, -0.25) is 14.5 Å². The van der Waals surface area contributed by atoms with Crippen LogP contribution in [0.25, 0.3) is 0 Å². The van der Waals surface area contributed by atoms with Gasteiger partial charge in [-0.25, -0.2) is 0 Å². The molecule has 0 aromatic carbocycles. The minimum atomic E-state index is -0.733. The van der Waals surface area contributed by atoms with Crippen molar-refractivity contribution in [1.82, 2.24) is 9.80 Å². The third-order valence-corrected chi connectivity index (χ3v) is 3.86. The molecule has 6 nitrogen and oxygen atoms in total. The number of carbonyl (C=O) groups excluding carboxylic acids is 1. The number of hydrogen-bond acceptors (Lipinski definition) is 4. The molecule has 6 heteroatoms.